The van der Waals surface area contributed by atoms with Crippen LogP contribution in [0.15, 0.2) is 72.8 Å². The van der Waals surface area contributed by atoms with Crippen molar-refractivity contribution in [1.29, 1.82) is 0 Å². The van der Waals surface area contributed by atoms with E-state index in [1.807, 2.05) is 80.6 Å². The summed E-state index contributed by atoms with van der Waals surface area (Å²) in [7, 11) is 0. The van der Waals surface area contributed by atoms with Gasteiger partial charge in [-0.05, 0) is 61.2 Å². The molecule has 3 aromatic rings. The third-order valence-corrected chi connectivity index (χ3v) is 5.64. The molecular formula is C26H26N2O3. The minimum Gasteiger partial charge on any atom is -0.492 e. The average Bonchev–Trinajstić information content (AvgIpc) is 2.79. The van der Waals surface area contributed by atoms with E-state index < -0.39 is 0 Å². The summed E-state index contributed by atoms with van der Waals surface area (Å²) in [5.41, 5.74) is 4.24. The quantitative estimate of drug-likeness (QED) is 0.637. The molecule has 0 aromatic heterocycles. The smallest absolute Gasteiger partial charge is 0.255 e. The highest BCUT2D eigenvalue weighted by atomic mass is 16.5. The lowest BCUT2D eigenvalue weighted by molar-refractivity contribution is -0.126. The highest BCUT2D eigenvalue weighted by molar-refractivity contribution is 6.05. The fraction of sp³-hybridized carbons (Fsp3) is 0.231. The average molecular weight is 415 g/mol. The SMILES string of the molecule is Cc1ccccc1C(=O)Nc1ccc2c(c1)C[C@@H](C(=O)N[C@@H](C)c1ccccc1)CO2. The number of carbonyl (C=O) groups is 2. The fourth-order valence-electron chi connectivity index (χ4n) is 3.82. The van der Waals surface area contributed by atoms with E-state index in [1.165, 1.54) is 0 Å². The van der Waals surface area contributed by atoms with Crippen LogP contribution >= 0.6 is 0 Å². The Kier molecular flexibility index (Phi) is 6.03. The highest BCUT2D eigenvalue weighted by Crippen LogP contribution is 2.30. The predicted octanol–water partition coefficient (Wildman–Crippen LogP) is 4.68. The topological polar surface area (TPSA) is 67.4 Å². The second-order valence-electron chi connectivity index (χ2n) is 7.94. The molecule has 2 amide bonds. The first-order valence-electron chi connectivity index (χ1n) is 10.5. The molecule has 3 aromatic carbocycles. The third-order valence-electron chi connectivity index (χ3n) is 5.64. The number of hydrogen-bond acceptors (Lipinski definition) is 3. The molecule has 0 spiro atoms. The van der Waals surface area contributed by atoms with Crippen LogP contribution in [0.1, 0.15) is 40.0 Å². The number of rotatable bonds is 5. The Balaban J connectivity index is 1.43. The molecule has 5 heteroatoms. The zero-order valence-corrected chi connectivity index (χ0v) is 17.7. The molecule has 0 saturated heterocycles. The molecule has 0 radical (unpaired) electrons. The van der Waals surface area contributed by atoms with E-state index in [0.29, 0.717) is 24.3 Å². The number of hydrogen-bond donors (Lipinski definition) is 2. The number of fused-ring (bicyclic) bond motifs is 1. The summed E-state index contributed by atoms with van der Waals surface area (Å²) in [6.07, 6.45) is 0.566. The second-order valence-corrected chi connectivity index (χ2v) is 7.94. The van der Waals surface area contributed by atoms with Crippen LogP contribution in [0.2, 0.25) is 0 Å². The summed E-state index contributed by atoms with van der Waals surface area (Å²) in [5.74, 6) is 0.298. The van der Waals surface area contributed by atoms with Gasteiger partial charge in [0.2, 0.25) is 5.91 Å². The molecule has 0 aliphatic carbocycles. The largest absolute Gasteiger partial charge is 0.492 e. The van der Waals surface area contributed by atoms with Crippen LogP contribution in [0.3, 0.4) is 0 Å². The van der Waals surface area contributed by atoms with Gasteiger partial charge in [0.05, 0.1) is 12.0 Å². The maximum atomic E-state index is 12.8. The van der Waals surface area contributed by atoms with Crippen molar-refractivity contribution in [3.63, 3.8) is 0 Å². The van der Waals surface area contributed by atoms with Gasteiger partial charge >= 0.3 is 0 Å². The van der Waals surface area contributed by atoms with Crippen LogP contribution in [0.5, 0.6) is 5.75 Å². The van der Waals surface area contributed by atoms with E-state index in [1.54, 1.807) is 6.07 Å². The lowest BCUT2D eigenvalue weighted by Crippen LogP contribution is -2.38. The molecule has 158 valence electrons. The monoisotopic (exact) mass is 414 g/mol. The lowest BCUT2D eigenvalue weighted by Gasteiger charge is -2.26. The Labute approximate surface area is 182 Å². The van der Waals surface area contributed by atoms with Crippen LogP contribution in [0, 0.1) is 12.8 Å². The van der Waals surface area contributed by atoms with Crippen molar-refractivity contribution in [1.82, 2.24) is 5.32 Å². The molecule has 1 heterocycles. The minimum absolute atomic E-state index is 0.0312. The van der Waals surface area contributed by atoms with Crippen molar-refractivity contribution in [2.24, 2.45) is 5.92 Å². The molecule has 0 fully saturated rings. The number of ether oxygens (including phenoxy) is 1. The molecular weight excluding hydrogens is 388 g/mol. The van der Waals surface area contributed by atoms with E-state index in [2.05, 4.69) is 10.6 Å². The fourth-order valence-corrected chi connectivity index (χ4v) is 3.82. The third kappa shape index (κ3) is 4.77. The van der Waals surface area contributed by atoms with Crippen molar-refractivity contribution in [2.75, 3.05) is 11.9 Å². The molecule has 4 rings (SSSR count). The van der Waals surface area contributed by atoms with E-state index in [0.717, 1.165) is 22.4 Å². The summed E-state index contributed by atoms with van der Waals surface area (Å²) in [5, 5.41) is 6.03. The number of benzene rings is 3. The van der Waals surface area contributed by atoms with Crippen LogP contribution in [-0.2, 0) is 11.2 Å². The summed E-state index contributed by atoms with van der Waals surface area (Å²) in [6.45, 7) is 4.23. The Morgan fingerprint density at radius 1 is 1.00 bits per heavy atom. The van der Waals surface area contributed by atoms with Gasteiger partial charge in [0, 0.05) is 11.3 Å². The molecule has 5 nitrogen and oxygen atoms in total. The maximum absolute atomic E-state index is 12.8. The van der Waals surface area contributed by atoms with Gasteiger partial charge in [0.15, 0.2) is 0 Å². The highest BCUT2D eigenvalue weighted by Gasteiger charge is 2.27. The number of amides is 2. The van der Waals surface area contributed by atoms with Crippen LogP contribution in [-0.4, -0.2) is 18.4 Å². The zero-order valence-electron chi connectivity index (χ0n) is 17.7. The van der Waals surface area contributed by atoms with Gasteiger partial charge in [-0.3, -0.25) is 9.59 Å². The van der Waals surface area contributed by atoms with Gasteiger partial charge in [0.1, 0.15) is 12.4 Å². The summed E-state index contributed by atoms with van der Waals surface area (Å²) in [4.78, 5) is 25.4. The molecule has 0 unspecified atom stereocenters. The van der Waals surface area contributed by atoms with Gasteiger partial charge in [-0.15, -0.1) is 0 Å². The molecule has 2 N–H and O–H groups in total. The molecule has 0 saturated carbocycles. The second kappa shape index (κ2) is 9.04. The Bertz CT molecular complexity index is 1090. The first-order chi connectivity index (χ1) is 15.0. The number of aryl methyl sites for hydroxylation is 1. The Morgan fingerprint density at radius 2 is 1.74 bits per heavy atom. The molecule has 31 heavy (non-hydrogen) atoms. The summed E-state index contributed by atoms with van der Waals surface area (Å²) >= 11 is 0. The number of nitrogens with one attached hydrogen (secondary N) is 2. The van der Waals surface area contributed by atoms with Crippen LogP contribution in [0.25, 0.3) is 0 Å². The van der Waals surface area contributed by atoms with Crippen molar-refractivity contribution in [3.05, 3.63) is 95.1 Å². The predicted molar refractivity (Wildman–Crippen MR) is 121 cm³/mol. The number of anilines is 1. The molecule has 1 aliphatic heterocycles. The minimum atomic E-state index is -0.277. The van der Waals surface area contributed by atoms with Gasteiger partial charge in [0.25, 0.3) is 5.91 Å². The maximum Gasteiger partial charge on any atom is 0.255 e. The van der Waals surface area contributed by atoms with Crippen LogP contribution < -0.4 is 15.4 Å². The molecule has 1 aliphatic rings. The summed E-state index contributed by atoms with van der Waals surface area (Å²) in [6, 6.07) is 22.9. The van der Waals surface area contributed by atoms with Crippen molar-refractivity contribution in [2.45, 2.75) is 26.3 Å². The van der Waals surface area contributed by atoms with Crippen molar-refractivity contribution >= 4 is 17.5 Å². The van der Waals surface area contributed by atoms with E-state index >= 15 is 0 Å². The van der Waals surface area contributed by atoms with Gasteiger partial charge in [-0.25, -0.2) is 0 Å². The van der Waals surface area contributed by atoms with E-state index in [-0.39, 0.29) is 23.8 Å². The molecule has 0 bridgehead atoms. The van der Waals surface area contributed by atoms with Crippen molar-refractivity contribution < 1.29 is 14.3 Å². The van der Waals surface area contributed by atoms with Gasteiger partial charge in [-0.1, -0.05) is 48.5 Å². The lowest BCUT2D eigenvalue weighted by atomic mass is 9.95. The molecule has 2 atom stereocenters. The van der Waals surface area contributed by atoms with E-state index in [9.17, 15) is 9.59 Å². The van der Waals surface area contributed by atoms with Crippen molar-refractivity contribution in [3.8, 4) is 5.75 Å². The van der Waals surface area contributed by atoms with E-state index in [4.69, 9.17) is 4.74 Å². The first kappa shape index (κ1) is 20.7. The Hall–Kier alpha value is -3.60. The Morgan fingerprint density at radius 3 is 2.52 bits per heavy atom. The van der Waals surface area contributed by atoms with Gasteiger partial charge < -0.3 is 15.4 Å². The van der Waals surface area contributed by atoms with Gasteiger partial charge in [-0.2, -0.15) is 0 Å². The summed E-state index contributed by atoms with van der Waals surface area (Å²) < 4.78 is 5.83. The zero-order chi connectivity index (χ0) is 21.8. The number of carbonyl (C=O) groups excluding carboxylic acids is 2. The standard InChI is InChI=1S/C26H26N2O3/c1-17-8-6-7-11-23(17)26(30)28-22-12-13-24-20(15-22)14-21(16-31-24)25(29)27-18(2)19-9-4-3-5-10-19/h3-13,15,18,21H,14,16H2,1-2H3,(H,27,29)(H,28,30)/t18-,21+/m0/s1. The normalized spacial score (nSPS) is 15.9. The first-order valence-corrected chi connectivity index (χ1v) is 10.5. The van der Waals surface area contributed by atoms with Crippen LogP contribution in [0.4, 0.5) is 5.69 Å².